The van der Waals surface area contributed by atoms with Gasteiger partial charge in [-0.15, -0.1) is 11.3 Å². The van der Waals surface area contributed by atoms with E-state index in [1.165, 1.54) is 10.4 Å². The van der Waals surface area contributed by atoms with E-state index in [1.807, 2.05) is 18.4 Å². The summed E-state index contributed by atoms with van der Waals surface area (Å²) in [5, 5.41) is 2.31. The van der Waals surface area contributed by atoms with Crippen molar-refractivity contribution in [2.45, 2.75) is 52.1 Å². The number of aryl methyl sites for hydroxylation is 1. The molecule has 1 saturated carbocycles. The lowest BCUT2D eigenvalue weighted by Crippen LogP contribution is -2.68. The number of ether oxygens (including phenoxy) is 1. The minimum atomic E-state index is 0.0115. The Morgan fingerprint density at radius 1 is 1.25 bits per heavy atom. The van der Waals surface area contributed by atoms with Gasteiger partial charge in [0.15, 0.2) is 0 Å². The molecule has 1 fully saturated rings. The summed E-state index contributed by atoms with van der Waals surface area (Å²) in [7, 11) is 1.83. The van der Waals surface area contributed by atoms with Crippen LogP contribution < -0.4 is 0 Å². The van der Waals surface area contributed by atoms with Crippen molar-refractivity contribution in [2.24, 2.45) is 5.41 Å². The summed E-state index contributed by atoms with van der Waals surface area (Å²) in [6.07, 6.45) is 1.11. The molecule has 1 heterocycles. The highest BCUT2D eigenvalue weighted by molar-refractivity contribution is 7.10. The highest BCUT2D eigenvalue weighted by Crippen LogP contribution is 2.64. The van der Waals surface area contributed by atoms with E-state index in [9.17, 15) is 0 Å². The van der Waals surface area contributed by atoms with E-state index in [4.69, 9.17) is 4.74 Å². The Morgan fingerprint density at radius 2 is 1.88 bits per heavy atom. The lowest BCUT2D eigenvalue weighted by Gasteiger charge is -2.66. The number of hydrogen-bond donors (Lipinski definition) is 0. The summed E-state index contributed by atoms with van der Waals surface area (Å²) in [4.78, 5) is 1.40. The first-order valence-corrected chi connectivity index (χ1v) is 6.75. The summed E-state index contributed by atoms with van der Waals surface area (Å²) in [5.41, 5.74) is 1.93. The van der Waals surface area contributed by atoms with Gasteiger partial charge in [-0.3, -0.25) is 0 Å². The van der Waals surface area contributed by atoms with Gasteiger partial charge in [-0.25, -0.2) is 0 Å². The number of thiophene rings is 1. The van der Waals surface area contributed by atoms with Crippen LogP contribution in [-0.2, 0) is 10.2 Å². The van der Waals surface area contributed by atoms with Gasteiger partial charge in [0.05, 0.1) is 5.60 Å². The van der Waals surface area contributed by atoms with Crippen LogP contribution in [0.25, 0.3) is 0 Å². The van der Waals surface area contributed by atoms with Crippen LogP contribution in [0.4, 0.5) is 0 Å². The molecular formula is C14H22OS. The molecule has 0 aliphatic heterocycles. The zero-order valence-electron chi connectivity index (χ0n) is 11.2. The van der Waals surface area contributed by atoms with Crippen molar-refractivity contribution >= 4 is 11.3 Å². The van der Waals surface area contributed by atoms with Crippen molar-refractivity contribution < 1.29 is 4.74 Å². The second-order valence-electron chi connectivity index (χ2n) is 6.01. The Hall–Kier alpha value is -0.340. The summed E-state index contributed by atoms with van der Waals surface area (Å²) in [5.74, 6) is 0. The second kappa shape index (κ2) is 3.33. The quantitative estimate of drug-likeness (QED) is 0.752. The molecule has 0 aromatic carbocycles. The minimum Gasteiger partial charge on any atom is -0.378 e. The molecule has 0 saturated heterocycles. The summed E-state index contributed by atoms with van der Waals surface area (Å²) in [6, 6.07) is 2.33. The van der Waals surface area contributed by atoms with E-state index in [0.29, 0.717) is 0 Å². The summed E-state index contributed by atoms with van der Waals surface area (Å²) >= 11 is 1.85. The van der Waals surface area contributed by atoms with Crippen LogP contribution in [0.15, 0.2) is 11.4 Å². The van der Waals surface area contributed by atoms with E-state index in [2.05, 4.69) is 46.1 Å². The van der Waals surface area contributed by atoms with E-state index in [0.717, 1.165) is 6.42 Å². The molecule has 0 amide bonds. The molecule has 90 valence electrons. The third kappa shape index (κ3) is 1.26. The number of methoxy groups -OCH3 is 1. The van der Waals surface area contributed by atoms with Crippen molar-refractivity contribution in [3.05, 3.63) is 21.9 Å². The van der Waals surface area contributed by atoms with Crippen molar-refractivity contribution in [2.75, 3.05) is 7.11 Å². The lowest BCUT2D eigenvalue weighted by molar-refractivity contribution is -0.212. The van der Waals surface area contributed by atoms with Crippen LogP contribution in [-0.4, -0.2) is 12.7 Å². The van der Waals surface area contributed by atoms with Crippen molar-refractivity contribution in [3.8, 4) is 0 Å². The Morgan fingerprint density at radius 3 is 2.25 bits per heavy atom. The maximum atomic E-state index is 5.72. The Kier molecular flexibility index (Phi) is 2.52. The van der Waals surface area contributed by atoms with Crippen molar-refractivity contribution in [1.29, 1.82) is 0 Å². The topological polar surface area (TPSA) is 9.23 Å². The molecule has 1 nitrogen and oxygen atoms in total. The highest BCUT2D eigenvalue weighted by Gasteiger charge is 2.65. The molecule has 2 heteroatoms. The average Bonchev–Trinajstić information content (AvgIpc) is 2.64. The van der Waals surface area contributed by atoms with Crippen molar-refractivity contribution in [1.82, 2.24) is 0 Å². The molecule has 0 radical (unpaired) electrons. The Bertz CT molecular complexity index is 407. The predicted molar refractivity (Wildman–Crippen MR) is 70.2 cm³/mol. The highest BCUT2D eigenvalue weighted by atomic mass is 32.1. The monoisotopic (exact) mass is 238 g/mol. The molecule has 0 spiro atoms. The molecule has 0 bridgehead atoms. The van der Waals surface area contributed by atoms with Crippen LogP contribution in [0.2, 0.25) is 0 Å². The smallest absolute Gasteiger partial charge is 0.0718 e. The predicted octanol–water partition coefficient (Wildman–Crippen LogP) is 4.15. The van der Waals surface area contributed by atoms with Gasteiger partial charge in [-0.1, -0.05) is 20.8 Å². The van der Waals surface area contributed by atoms with E-state index in [1.54, 1.807) is 0 Å². The van der Waals surface area contributed by atoms with Gasteiger partial charge in [0, 0.05) is 22.8 Å². The molecule has 1 aliphatic carbocycles. The van der Waals surface area contributed by atoms with Crippen LogP contribution in [0, 0.1) is 12.3 Å². The van der Waals surface area contributed by atoms with E-state index in [-0.39, 0.29) is 16.4 Å². The zero-order chi connectivity index (χ0) is 12.2. The maximum Gasteiger partial charge on any atom is 0.0718 e. The first kappa shape index (κ1) is 12.1. The molecule has 1 aromatic rings. The maximum absolute atomic E-state index is 5.72. The van der Waals surface area contributed by atoms with Crippen LogP contribution in [0.3, 0.4) is 0 Å². The summed E-state index contributed by atoms with van der Waals surface area (Å²) in [6.45, 7) is 11.4. The molecule has 2 atom stereocenters. The van der Waals surface area contributed by atoms with Crippen LogP contribution in [0.1, 0.15) is 44.6 Å². The fraction of sp³-hybridized carbons (Fsp3) is 0.714. The fourth-order valence-electron chi connectivity index (χ4n) is 3.12. The van der Waals surface area contributed by atoms with Gasteiger partial charge in [0.2, 0.25) is 0 Å². The summed E-state index contributed by atoms with van der Waals surface area (Å²) < 4.78 is 5.72. The molecule has 1 aromatic heterocycles. The molecule has 0 N–H and O–H groups in total. The van der Waals surface area contributed by atoms with Gasteiger partial charge in [-0.2, -0.15) is 0 Å². The molecule has 2 unspecified atom stereocenters. The average molecular weight is 238 g/mol. The SMILES string of the molecule is COC1(C)CC(C)(c2csc(C)c2)C1(C)C. The third-order valence-electron chi connectivity index (χ3n) is 5.21. The molecule has 16 heavy (non-hydrogen) atoms. The van der Waals surface area contributed by atoms with Gasteiger partial charge in [0.1, 0.15) is 0 Å². The lowest BCUT2D eigenvalue weighted by atomic mass is 9.42. The van der Waals surface area contributed by atoms with E-state index < -0.39 is 0 Å². The van der Waals surface area contributed by atoms with Gasteiger partial charge in [0.25, 0.3) is 0 Å². The second-order valence-corrected chi connectivity index (χ2v) is 7.13. The minimum absolute atomic E-state index is 0.0115. The van der Waals surface area contributed by atoms with Gasteiger partial charge >= 0.3 is 0 Å². The van der Waals surface area contributed by atoms with E-state index >= 15 is 0 Å². The normalized spacial score (nSPS) is 37.1. The van der Waals surface area contributed by atoms with Crippen LogP contribution in [0.5, 0.6) is 0 Å². The van der Waals surface area contributed by atoms with Gasteiger partial charge < -0.3 is 4.74 Å². The van der Waals surface area contributed by atoms with Crippen LogP contribution >= 0.6 is 11.3 Å². The zero-order valence-corrected chi connectivity index (χ0v) is 12.0. The molecule has 1 aliphatic rings. The van der Waals surface area contributed by atoms with Gasteiger partial charge in [-0.05, 0) is 37.3 Å². The largest absolute Gasteiger partial charge is 0.378 e. The Labute approximate surface area is 103 Å². The Balaban J connectivity index is 2.37. The molecule has 2 rings (SSSR count). The van der Waals surface area contributed by atoms with Crippen molar-refractivity contribution in [3.63, 3.8) is 0 Å². The number of hydrogen-bond acceptors (Lipinski definition) is 2. The fourth-order valence-corrected chi connectivity index (χ4v) is 3.95. The first-order valence-electron chi connectivity index (χ1n) is 5.88. The number of rotatable bonds is 2. The first-order chi connectivity index (χ1) is 7.27. The standard InChI is InChI=1S/C14H22OS/c1-10-7-11(8-16-10)13(4)9-14(5,15-6)12(13,2)3/h7-8H,9H2,1-6H3. The third-order valence-corrected chi connectivity index (χ3v) is 6.07. The molecular weight excluding hydrogens is 216 g/mol.